The quantitative estimate of drug-likeness (QED) is 0.00828. The van der Waals surface area contributed by atoms with Crippen molar-refractivity contribution in [3.8, 4) is 56.4 Å². The summed E-state index contributed by atoms with van der Waals surface area (Å²) in [6, 6.07) is 57.0. The molecule has 0 spiro atoms. The van der Waals surface area contributed by atoms with Crippen LogP contribution in [0, 0.1) is 41.5 Å². The predicted octanol–water partition coefficient (Wildman–Crippen LogP) is 17.4. The fraction of sp³-hybridized carbons (Fsp3) is 0.263. The lowest BCUT2D eigenvalue weighted by molar-refractivity contribution is -0.700. The number of para-hydroxylation sites is 2. The fourth-order valence-electron chi connectivity index (χ4n) is 14.8. The van der Waals surface area contributed by atoms with Gasteiger partial charge >= 0.3 is 37.4 Å². The topological polar surface area (TPSA) is 287 Å². The summed E-state index contributed by atoms with van der Waals surface area (Å²) in [5, 5.41) is 57.0. The van der Waals surface area contributed by atoms with Gasteiger partial charge in [0.15, 0.2) is 17.9 Å². The Morgan fingerprint density at radius 2 is 1.02 bits per heavy atom. The third-order valence-electron chi connectivity index (χ3n) is 20.3. The number of carbonyl (C=O) groups is 5. The van der Waals surface area contributed by atoms with Crippen LogP contribution in [0.25, 0.3) is 72.9 Å². The van der Waals surface area contributed by atoms with Crippen LogP contribution in [-0.4, -0.2) is 102 Å². The summed E-state index contributed by atoms with van der Waals surface area (Å²) in [5.74, 6) is -2.70. The first-order valence-electron chi connectivity index (χ1n) is 39.5. The van der Waals surface area contributed by atoms with Crippen LogP contribution in [-0.2, 0) is 32.8 Å². The van der Waals surface area contributed by atoms with E-state index < -0.39 is 37.4 Å². The van der Waals surface area contributed by atoms with Crippen molar-refractivity contribution in [2.45, 2.75) is 127 Å². The van der Waals surface area contributed by atoms with E-state index in [9.17, 15) is 47.1 Å². The number of ether oxygens (including phenoxy) is 2. The van der Waals surface area contributed by atoms with E-state index in [0.29, 0.717) is 71.2 Å². The van der Waals surface area contributed by atoms with E-state index in [1.165, 1.54) is 46.2 Å². The van der Waals surface area contributed by atoms with Crippen LogP contribution in [0.4, 0.5) is 35.7 Å². The molecule has 7 N–H and O–H groups in total. The second-order valence-electron chi connectivity index (χ2n) is 29.3. The molecule has 0 saturated heterocycles. The molecule has 5 aliphatic rings. The maximum atomic E-state index is 12.5. The highest BCUT2D eigenvalue weighted by atomic mass is 19.4. The van der Waals surface area contributed by atoms with Gasteiger partial charge in [-0.05, 0) is 198 Å². The third-order valence-corrected chi connectivity index (χ3v) is 20.3. The van der Waals surface area contributed by atoms with E-state index in [0.717, 1.165) is 114 Å². The van der Waals surface area contributed by atoms with Gasteiger partial charge in [-0.2, -0.15) is 4.57 Å². The summed E-state index contributed by atoms with van der Waals surface area (Å²) < 4.78 is 55.6. The molecule has 1 aromatic heterocycles. The van der Waals surface area contributed by atoms with Crippen LogP contribution in [0.1, 0.15) is 144 Å². The number of aromatic carboxylic acids is 2. The van der Waals surface area contributed by atoms with Gasteiger partial charge in [0.2, 0.25) is 0 Å². The van der Waals surface area contributed by atoms with Gasteiger partial charge in [-0.3, -0.25) is 37.3 Å². The van der Waals surface area contributed by atoms with Crippen LogP contribution in [0.5, 0.6) is 11.5 Å². The number of carboxylic acid groups (broad SMARTS) is 5. The van der Waals surface area contributed by atoms with Crippen molar-refractivity contribution in [1.82, 2.24) is 0 Å². The molecule has 2 aliphatic carbocycles. The Balaban J connectivity index is 0.000000199. The Bertz CT molecular complexity index is 5860. The molecular weight excluding hydrogens is 1540 g/mol. The SMILES string of the molecule is CCN=c1cc2oc3cc(NCC)c(C)cc3c(-c3cc(OCCCC(=O)O)ccc3C(=O)O)c-2cc1C.CCN=c1cc2oc3cc(NCC)c(C)cc3c(-c3ccc(OCCCC(=O)O)cc3C(=O)O)c-2cc1C.Cc1cc(C=CC=C2N(c3ccccc3)c3ccccc3C2(C)C)cc(C)[n+]1Cc1ccc(CC(=O)O)cc1.FB(F)F.[F-]. The van der Waals surface area contributed by atoms with Crippen LogP contribution in [0.3, 0.4) is 0 Å². The number of aliphatic carboxylic acids is 3. The number of fused-ring (bicyclic) bond motifs is 5. The number of nitrogens with zero attached hydrogens (tertiary/aromatic N) is 4. The number of hydrogen-bond acceptors (Lipinski definition) is 14. The molecule has 0 bridgehead atoms. The monoisotopic (exact) mass is 1630 g/mol. The Hall–Kier alpha value is -13.3. The van der Waals surface area contributed by atoms with E-state index in [1.807, 2.05) is 128 Å². The lowest BCUT2D eigenvalue weighted by atomic mass is 9.83. The number of aromatic nitrogens is 1. The highest BCUT2D eigenvalue weighted by Gasteiger charge is 2.40. The molecule has 8 aromatic rings. The van der Waals surface area contributed by atoms with Gasteiger partial charge in [0.1, 0.15) is 34.2 Å². The highest BCUT2D eigenvalue weighted by molar-refractivity contribution is 6.33. The van der Waals surface area contributed by atoms with Gasteiger partial charge in [0.25, 0.3) is 0 Å². The predicted molar refractivity (Wildman–Crippen MR) is 462 cm³/mol. The molecule has 7 aromatic carbocycles. The molecule has 0 amide bonds. The zero-order valence-electron chi connectivity index (χ0n) is 69.2. The smallest absolute Gasteiger partial charge is 0.762 e. The number of anilines is 4. The minimum Gasteiger partial charge on any atom is -1.00 e. The number of nitrogens with one attached hydrogen (secondary N) is 2. The summed E-state index contributed by atoms with van der Waals surface area (Å²) in [6.07, 6.45) is 7.29. The van der Waals surface area contributed by atoms with Gasteiger partial charge in [-0.15, -0.1) is 0 Å². The minimum absolute atomic E-state index is 0. The van der Waals surface area contributed by atoms with Gasteiger partial charge in [-0.25, -0.2) is 9.59 Å². The van der Waals surface area contributed by atoms with Crippen molar-refractivity contribution in [2.75, 3.05) is 54.9 Å². The van der Waals surface area contributed by atoms with Crippen molar-refractivity contribution in [1.29, 1.82) is 0 Å². The molecule has 0 atom stereocenters. The largest absolute Gasteiger partial charge is 1.00 e. The molecular formula is C95H99BF4N6O14. The van der Waals surface area contributed by atoms with E-state index in [2.05, 4.69) is 143 Å². The minimum atomic E-state index is -3.67. The molecule has 0 saturated carbocycles. The Kier molecular flexibility index (Phi) is 31.1. The van der Waals surface area contributed by atoms with Crippen LogP contribution >= 0.6 is 0 Å². The van der Waals surface area contributed by atoms with E-state index in [-0.39, 0.29) is 53.7 Å². The van der Waals surface area contributed by atoms with Crippen LogP contribution < -0.4 is 45.0 Å². The molecule has 25 heteroatoms. The lowest BCUT2D eigenvalue weighted by Gasteiger charge is -2.27. The Morgan fingerprint density at radius 3 is 1.51 bits per heavy atom. The van der Waals surface area contributed by atoms with Gasteiger partial charge in [0.05, 0.1) is 41.5 Å². The molecule has 0 unspecified atom stereocenters. The summed E-state index contributed by atoms with van der Waals surface area (Å²) in [6.45, 7) is 28.7. The number of hydrogen-bond donors (Lipinski definition) is 7. The Labute approximate surface area is 694 Å². The van der Waals surface area contributed by atoms with Crippen molar-refractivity contribution in [3.05, 3.63) is 272 Å². The molecule has 13 rings (SSSR count). The number of aryl methyl sites for hydroxylation is 6. The molecule has 0 radical (unpaired) electrons. The van der Waals surface area contributed by atoms with E-state index in [4.69, 9.17) is 33.6 Å². The molecule has 0 fully saturated rings. The summed E-state index contributed by atoms with van der Waals surface area (Å²) >= 11 is 0. The average molecular weight is 1640 g/mol. The van der Waals surface area contributed by atoms with E-state index >= 15 is 0 Å². The molecule has 4 heterocycles. The lowest BCUT2D eigenvalue weighted by Crippen LogP contribution is -3.00. The second kappa shape index (κ2) is 41.2. The highest BCUT2D eigenvalue weighted by Crippen LogP contribution is 2.52. The maximum absolute atomic E-state index is 12.5. The zero-order chi connectivity index (χ0) is 85.9. The van der Waals surface area contributed by atoms with Crippen molar-refractivity contribution < 1.29 is 90.0 Å². The number of carboxylic acids is 5. The second-order valence-corrected chi connectivity index (χ2v) is 29.3. The summed E-state index contributed by atoms with van der Waals surface area (Å²) in [7, 11) is -3.67. The van der Waals surface area contributed by atoms with Crippen molar-refractivity contribution in [2.24, 2.45) is 9.98 Å². The molecule has 3 aliphatic heterocycles. The number of rotatable bonds is 27. The molecule has 20 nitrogen and oxygen atoms in total. The standard InChI is InChI=1S/C35H34N2O2.2C30H32N2O6.BF3.FH/c1-25-21-29(22-26(2)36(25)24-28-19-17-27(18-20-28)23-34(38)39)11-10-16-33-35(3,4)31-14-8-9-15-32(31)37(33)30-12-6-5-7-13-30;1-5-31-24-15-26-22(12-17(24)3)29(23-13-18(4)25(32-6-2)16-27(23)38-26)21-14-19(9-10-20(21)30(35)36)37-11-7-8-28(33)34;1-5-31-24-15-26-22(12-17(24)3)29(23-13-18(4)25(32-6-2)16-27(23)38-26)20-10-9-19(14-21(20)30(35)36)37-11-7-8-28(33)34;2-1(3)4;/h5-22H,23-24H2,1-4H3;2*9-10,12-16,31H,5-8,11H2,1-4H3,(H,33,34)(H,35,36);;1H. The van der Waals surface area contributed by atoms with Gasteiger partial charge in [-0.1, -0.05) is 86.7 Å². The zero-order valence-corrected chi connectivity index (χ0v) is 69.2. The average Bonchev–Trinajstić information content (AvgIpc) is 1.41. The van der Waals surface area contributed by atoms with Crippen molar-refractivity contribution >= 4 is 88.2 Å². The number of benzene rings is 9. The first-order chi connectivity index (χ1) is 56.9. The number of allylic oxidation sites excluding steroid dienone is 3. The summed E-state index contributed by atoms with van der Waals surface area (Å²) in [5.41, 5.74) is 21.7. The Morgan fingerprint density at radius 1 is 0.533 bits per heavy atom. The first-order valence-corrected chi connectivity index (χ1v) is 39.5. The molecule has 624 valence electrons. The van der Waals surface area contributed by atoms with Gasteiger partial charge in [0, 0.05) is 167 Å². The van der Waals surface area contributed by atoms with Gasteiger partial charge < -0.3 is 64.1 Å². The summed E-state index contributed by atoms with van der Waals surface area (Å²) in [4.78, 5) is 69.0. The van der Waals surface area contributed by atoms with E-state index in [1.54, 1.807) is 24.3 Å². The van der Waals surface area contributed by atoms with Crippen LogP contribution in [0.15, 0.2) is 213 Å². The fourth-order valence-corrected chi connectivity index (χ4v) is 14.8. The number of pyridine rings is 1. The van der Waals surface area contributed by atoms with Crippen molar-refractivity contribution in [3.63, 3.8) is 0 Å². The maximum Gasteiger partial charge on any atom is 0.762 e. The number of halogens is 4. The third kappa shape index (κ3) is 22.1. The van der Waals surface area contributed by atoms with Crippen LogP contribution in [0.2, 0.25) is 0 Å². The molecule has 120 heavy (non-hydrogen) atoms. The normalized spacial score (nSPS) is 12.6. The first kappa shape index (κ1) is 90.6.